The molecule has 27 heavy (non-hydrogen) atoms. The van der Waals surface area contributed by atoms with Crippen LogP contribution >= 0.6 is 0 Å². The topological polar surface area (TPSA) is 49.8 Å². The summed E-state index contributed by atoms with van der Waals surface area (Å²) in [6, 6.07) is -0.0384. The average Bonchev–Trinajstić information content (AvgIpc) is 2.57. The minimum Gasteiger partial charge on any atom is -0.444 e. The maximum absolute atomic E-state index is 12.9. The molecule has 0 bridgehead atoms. The molecule has 2 rings (SSSR count). The van der Waals surface area contributed by atoms with Gasteiger partial charge in [0.2, 0.25) is 0 Å². The van der Waals surface area contributed by atoms with Crippen LogP contribution in [0.4, 0.5) is 4.79 Å². The molecule has 0 radical (unpaired) electrons. The molecule has 0 spiro atoms. The summed E-state index contributed by atoms with van der Waals surface area (Å²) in [5.41, 5.74) is -0.522. The fourth-order valence-corrected chi connectivity index (χ4v) is 4.48. The molecule has 1 saturated heterocycles. The molecular weight excluding hydrogens is 338 g/mol. The summed E-state index contributed by atoms with van der Waals surface area (Å²) in [7, 11) is 0. The van der Waals surface area contributed by atoms with E-state index in [1.54, 1.807) is 0 Å². The van der Waals surface area contributed by atoms with Crippen molar-refractivity contribution in [3.63, 3.8) is 0 Å². The summed E-state index contributed by atoms with van der Waals surface area (Å²) in [4.78, 5) is 14.7. The standard InChI is InChI=1S/C23H39NO3/c1-6-7-8-9-10-11-13-18-14-12-15-20-19(18)16-21(25)17(2)24(20)22(26)27-23(3,4)5/h9-11,13,17-21,25H,6-8,12,14-16H2,1-5H3/b10-9+,13-11+/t17-,18+,19-,20+,21-/m0/s1. The molecule has 4 nitrogen and oxygen atoms in total. The average molecular weight is 378 g/mol. The number of nitrogens with zero attached hydrogens (tertiary/aromatic N) is 1. The predicted molar refractivity (Wildman–Crippen MR) is 111 cm³/mol. The molecule has 1 saturated carbocycles. The van der Waals surface area contributed by atoms with Gasteiger partial charge in [-0.15, -0.1) is 0 Å². The van der Waals surface area contributed by atoms with E-state index in [9.17, 15) is 9.90 Å². The third-order valence-corrected chi connectivity index (χ3v) is 5.88. The minimum absolute atomic E-state index is 0.158. The van der Waals surface area contributed by atoms with Gasteiger partial charge in [0.25, 0.3) is 0 Å². The number of likely N-dealkylation sites (tertiary alicyclic amines) is 1. The van der Waals surface area contributed by atoms with Crippen LogP contribution in [0.25, 0.3) is 0 Å². The van der Waals surface area contributed by atoms with Crippen LogP contribution in [0.1, 0.15) is 79.6 Å². The number of unbranched alkanes of at least 4 members (excludes halogenated alkanes) is 2. The summed E-state index contributed by atoms with van der Waals surface area (Å²) in [6.45, 7) is 9.83. The highest BCUT2D eigenvalue weighted by atomic mass is 16.6. The van der Waals surface area contributed by atoms with Gasteiger partial charge in [-0.05, 0) is 65.2 Å². The first kappa shape index (κ1) is 22.0. The molecule has 1 heterocycles. The Kier molecular flexibility index (Phi) is 7.96. The monoisotopic (exact) mass is 377 g/mol. The second kappa shape index (κ2) is 9.77. The van der Waals surface area contributed by atoms with Gasteiger partial charge < -0.3 is 9.84 Å². The maximum atomic E-state index is 12.9. The number of aliphatic hydroxyl groups excluding tert-OH is 1. The van der Waals surface area contributed by atoms with Gasteiger partial charge in [0, 0.05) is 6.04 Å². The van der Waals surface area contributed by atoms with Crippen LogP contribution in [-0.4, -0.2) is 39.9 Å². The lowest BCUT2D eigenvalue weighted by atomic mass is 9.69. The van der Waals surface area contributed by atoms with Crippen LogP contribution in [-0.2, 0) is 4.74 Å². The Bertz CT molecular complexity index is 534. The Morgan fingerprint density at radius 3 is 2.67 bits per heavy atom. The quantitative estimate of drug-likeness (QED) is 0.511. The first-order valence-corrected chi connectivity index (χ1v) is 10.8. The number of piperidine rings is 1. The Morgan fingerprint density at radius 2 is 2.00 bits per heavy atom. The smallest absolute Gasteiger partial charge is 0.410 e. The summed E-state index contributed by atoms with van der Waals surface area (Å²) >= 11 is 0. The largest absolute Gasteiger partial charge is 0.444 e. The lowest BCUT2D eigenvalue weighted by Crippen LogP contribution is -2.61. The molecule has 2 fully saturated rings. The van der Waals surface area contributed by atoms with Crippen molar-refractivity contribution >= 4 is 6.09 Å². The van der Waals surface area contributed by atoms with E-state index >= 15 is 0 Å². The third kappa shape index (κ3) is 6.10. The number of fused-ring (bicyclic) bond motifs is 1. The van der Waals surface area contributed by atoms with E-state index in [-0.39, 0.29) is 18.2 Å². The van der Waals surface area contributed by atoms with E-state index < -0.39 is 11.7 Å². The molecule has 1 amide bonds. The first-order valence-electron chi connectivity index (χ1n) is 10.8. The summed E-state index contributed by atoms with van der Waals surface area (Å²) < 4.78 is 5.66. The zero-order valence-electron chi connectivity index (χ0n) is 17.9. The van der Waals surface area contributed by atoms with Crippen molar-refractivity contribution in [2.45, 2.75) is 103 Å². The van der Waals surface area contributed by atoms with Crippen molar-refractivity contribution in [2.24, 2.45) is 11.8 Å². The molecule has 0 aromatic heterocycles. The fraction of sp³-hybridized carbons (Fsp3) is 0.783. The molecule has 5 atom stereocenters. The summed E-state index contributed by atoms with van der Waals surface area (Å²) in [6.07, 6.45) is 15.6. The highest BCUT2D eigenvalue weighted by Gasteiger charge is 2.47. The maximum Gasteiger partial charge on any atom is 0.410 e. The molecule has 1 N–H and O–H groups in total. The Hall–Kier alpha value is -1.29. The second-order valence-corrected chi connectivity index (χ2v) is 9.21. The number of carbonyl (C=O) groups excluding carboxylic acids is 1. The Morgan fingerprint density at radius 1 is 1.26 bits per heavy atom. The predicted octanol–water partition coefficient (Wildman–Crippen LogP) is 5.46. The molecule has 0 aromatic carbocycles. The van der Waals surface area contributed by atoms with Crippen molar-refractivity contribution in [1.82, 2.24) is 4.90 Å². The lowest BCUT2D eigenvalue weighted by molar-refractivity contribution is -0.0758. The van der Waals surface area contributed by atoms with Crippen LogP contribution in [0.2, 0.25) is 0 Å². The summed E-state index contributed by atoms with van der Waals surface area (Å²) in [5.74, 6) is 0.712. The number of ether oxygens (including phenoxy) is 1. The lowest BCUT2D eigenvalue weighted by Gasteiger charge is -2.51. The number of rotatable bonds is 5. The van der Waals surface area contributed by atoms with E-state index in [0.29, 0.717) is 11.8 Å². The number of aliphatic hydroxyl groups is 1. The van der Waals surface area contributed by atoms with Gasteiger partial charge in [-0.2, -0.15) is 0 Å². The highest BCUT2D eigenvalue weighted by molar-refractivity contribution is 5.69. The molecule has 0 unspecified atom stereocenters. The number of allylic oxidation sites excluding steroid dienone is 4. The number of hydrogen-bond donors (Lipinski definition) is 1. The normalized spacial score (nSPS) is 32.1. The first-order chi connectivity index (χ1) is 12.7. The van der Waals surface area contributed by atoms with Gasteiger partial charge in [0.15, 0.2) is 0 Å². The van der Waals surface area contributed by atoms with Gasteiger partial charge in [0.05, 0.1) is 12.1 Å². The molecule has 0 aromatic rings. The van der Waals surface area contributed by atoms with Crippen LogP contribution in [0.5, 0.6) is 0 Å². The van der Waals surface area contributed by atoms with Crippen molar-refractivity contribution in [1.29, 1.82) is 0 Å². The van der Waals surface area contributed by atoms with Crippen molar-refractivity contribution in [3.8, 4) is 0 Å². The van der Waals surface area contributed by atoms with Crippen LogP contribution < -0.4 is 0 Å². The van der Waals surface area contributed by atoms with Gasteiger partial charge in [-0.3, -0.25) is 4.90 Å². The van der Waals surface area contributed by atoms with E-state index in [1.807, 2.05) is 32.6 Å². The van der Waals surface area contributed by atoms with Gasteiger partial charge in [-0.25, -0.2) is 4.79 Å². The molecule has 4 heteroatoms. The van der Waals surface area contributed by atoms with E-state index in [4.69, 9.17) is 4.74 Å². The van der Waals surface area contributed by atoms with Crippen molar-refractivity contribution in [3.05, 3.63) is 24.3 Å². The second-order valence-electron chi connectivity index (χ2n) is 9.21. The molecule has 154 valence electrons. The Labute approximate surface area is 165 Å². The molecule has 1 aliphatic carbocycles. The zero-order valence-corrected chi connectivity index (χ0v) is 17.9. The van der Waals surface area contributed by atoms with Crippen molar-refractivity contribution in [2.75, 3.05) is 0 Å². The van der Waals surface area contributed by atoms with Gasteiger partial charge >= 0.3 is 6.09 Å². The van der Waals surface area contributed by atoms with Crippen LogP contribution in [0, 0.1) is 11.8 Å². The summed E-state index contributed by atoms with van der Waals surface area (Å²) in [5, 5.41) is 10.6. The third-order valence-electron chi connectivity index (χ3n) is 5.88. The molecule has 2 aliphatic rings. The van der Waals surface area contributed by atoms with Crippen LogP contribution in [0.15, 0.2) is 24.3 Å². The fourth-order valence-electron chi connectivity index (χ4n) is 4.48. The van der Waals surface area contributed by atoms with Gasteiger partial charge in [0.1, 0.15) is 5.60 Å². The molecular formula is C23H39NO3. The van der Waals surface area contributed by atoms with E-state index in [0.717, 1.165) is 32.1 Å². The number of hydrogen-bond acceptors (Lipinski definition) is 3. The minimum atomic E-state index is -0.522. The van der Waals surface area contributed by atoms with E-state index in [2.05, 4.69) is 31.2 Å². The van der Waals surface area contributed by atoms with Crippen LogP contribution in [0.3, 0.4) is 0 Å². The van der Waals surface area contributed by atoms with E-state index in [1.165, 1.54) is 12.8 Å². The van der Waals surface area contributed by atoms with Gasteiger partial charge in [-0.1, -0.05) is 50.5 Å². The number of amides is 1. The highest BCUT2D eigenvalue weighted by Crippen LogP contribution is 2.42. The Balaban J connectivity index is 2.11. The molecule has 1 aliphatic heterocycles. The van der Waals surface area contributed by atoms with Crippen molar-refractivity contribution < 1.29 is 14.6 Å². The number of carbonyl (C=O) groups is 1. The zero-order chi connectivity index (χ0) is 20.0. The SMILES string of the molecule is CCCC/C=C/C=C/[C@@H]1CCC[C@@H]2[C@H]1C[C@H](O)[C@H](C)N2C(=O)OC(C)(C)C.